The summed E-state index contributed by atoms with van der Waals surface area (Å²) < 4.78 is 12.7. The van der Waals surface area contributed by atoms with Gasteiger partial charge in [0, 0.05) is 12.2 Å². The molecular formula is C29H29N5O4S. The Morgan fingerprint density at radius 2 is 1.59 bits per heavy atom. The molecule has 0 unspecified atom stereocenters. The Kier molecular flexibility index (Phi) is 8.12. The smallest absolute Gasteiger partial charge is 0.255 e. The number of fused-ring (bicyclic) bond motifs is 1. The Morgan fingerprint density at radius 1 is 0.897 bits per heavy atom. The molecule has 5 rings (SSSR count). The van der Waals surface area contributed by atoms with Crippen LogP contribution in [0.5, 0.6) is 11.5 Å². The molecule has 1 aliphatic rings. The van der Waals surface area contributed by atoms with Crippen LogP contribution in [0.15, 0.2) is 78.0 Å². The third-order valence-electron chi connectivity index (χ3n) is 6.52. The highest BCUT2D eigenvalue weighted by Crippen LogP contribution is 2.31. The number of benzene rings is 3. The van der Waals surface area contributed by atoms with Crippen molar-refractivity contribution in [2.75, 3.05) is 31.4 Å². The van der Waals surface area contributed by atoms with Crippen LogP contribution in [-0.2, 0) is 17.8 Å². The average molecular weight is 544 g/mol. The number of hydrogen-bond acceptors (Lipinski definition) is 7. The Bertz CT molecular complexity index is 1490. The third kappa shape index (κ3) is 5.61. The van der Waals surface area contributed by atoms with Gasteiger partial charge in [-0.3, -0.25) is 14.2 Å². The van der Waals surface area contributed by atoms with Gasteiger partial charge in [-0.2, -0.15) is 0 Å². The fraction of sp³-hybridized carbons (Fsp3) is 0.241. The SMILES string of the molecule is COc1ccccc1C(=O)NCc1nnc(SCC(=O)N2CCCc3ccccc32)n1-c1ccccc1OC. The van der Waals surface area contributed by atoms with Crippen molar-refractivity contribution >= 4 is 29.3 Å². The average Bonchev–Trinajstić information content (AvgIpc) is 3.40. The van der Waals surface area contributed by atoms with Crippen LogP contribution in [0.2, 0.25) is 0 Å². The van der Waals surface area contributed by atoms with Crippen molar-refractivity contribution in [1.82, 2.24) is 20.1 Å². The highest BCUT2D eigenvalue weighted by molar-refractivity contribution is 7.99. The molecule has 10 heteroatoms. The molecule has 1 aromatic heterocycles. The molecule has 1 aliphatic heterocycles. The van der Waals surface area contributed by atoms with Crippen LogP contribution in [0.1, 0.15) is 28.2 Å². The number of aryl methyl sites for hydroxylation is 1. The first kappa shape index (κ1) is 26.3. The zero-order chi connectivity index (χ0) is 27.2. The molecule has 0 fully saturated rings. The lowest BCUT2D eigenvalue weighted by molar-refractivity contribution is -0.116. The molecule has 0 radical (unpaired) electrons. The fourth-order valence-electron chi connectivity index (χ4n) is 4.65. The number of hydrogen-bond donors (Lipinski definition) is 1. The van der Waals surface area contributed by atoms with E-state index in [4.69, 9.17) is 9.47 Å². The van der Waals surface area contributed by atoms with Crippen molar-refractivity contribution in [2.24, 2.45) is 0 Å². The molecule has 0 spiro atoms. The van der Waals surface area contributed by atoms with Crippen LogP contribution in [-0.4, -0.2) is 53.1 Å². The van der Waals surface area contributed by atoms with Crippen molar-refractivity contribution < 1.29 is 19.1 Å². The molecule has 200 valence electrons. The number of rotatable bonds is 9. The number of thioether (sulfide) groups is 1. The van der Waals surface area contributed by atoms with Gasteiger partial charge in [0.25, 0.3) is 5.91 Å². The number of methoxy groups -OCH3 is 2. The zero-order valence-electron chi connectivity index (χ0n) is 21.8. The summed E-state index contributed by atoms with van der Waals surface area (Å²) >= 11 is 1.30. The molecule has 39 heavy (non-hydrogen) atoms. The molecule has 1 N–H and O–H groups in total. The quantitative estimate of drug-likeness (QED) is 0.315. The van der Waals surface area contributed by atoms with E-state index >= 15 is 0 Å². The van der Waals surface area contributed by atoms with Gasteiger partial charge < -0.3 is 19.7 Å². The summed E-state index contributed by atoms with van der Waals surface area (Å²) in [5.74, 6) is 1.50. The van der Waals surface area contributed by atoms with Crippen molar-refractivity contribution in [2.45, 2.75) is 24.5 Å². The molecule has 0 atom stereocenters. The van der Waals surface area contributed by atoms with Gasteiger partial charge in [-0.15, -0.1) is 10.2 Å². The topological polar surface area (TPSA) is 98.6 Å². The number of para-hydroxylation sites is 4. The molecule has 0 saturated carbocycles. The van der Waals surface area contributed by atoms with Crippen LogP contribution >= 0.6 is 11.8 Å². The zero-order valence-corrected chi connectivity index (χ0v) is 22.6. The molecule has 0 saturated heterocycles. The van der Waals surface area contributed by atoms with E-state index in [1.807, 2.05) is 51.9 Å². The van der Waals surface area contributed by atoms with E-state index in [-0.39, 0.29) is 24.1 Å². The van der Waals surface area contributed by atoms with Crippen molar-refractivity contribution in [3.63, 3.8) is 0 Å². The Hall–Kier alpha value is -4.31. The number of nitrogens with zero attached hydrogens (tertiary/aromatic N) is 4. The lowest BCUT2D eigenvalue weighted by Crippen LogP contribution is -2.36. The van der Waals surface area contributed by atoms with E-state index in [9.17, 15) is 9.59 Å². The standard InChI is InChI=1S/C29H29N5O4S/c1-37-24-15-7-4-12-21(24)28(36)30-18-26-31-32-29(34(26)23-14-6-8-16-25(23)38-2)39-19-27(35)33-17-9-11-20-10-3-5-13-22(20)33/h3-8,10,12-16H,9,11,17-19H2,1-2H3,(H,30,36). The molecule has 0 aliphatic carbocycles. The number of anilines is 1. The van der Waals surface area contributed by atoms with Crippen molar-refractivity contribution in [3.05, 3.63) is 89.7 Å². The largest absolute Gasteiger partial charge is 0.496 e. The third-order valence-corrected chi connectivity index (χ3v) is 7.43. The maximum atomic E-state index is 13.3. The maximum absolute atomic E-state index is 13.3. The monoisotopic (exact) mass is 543 g/mol. The predicted octanol–water partition coefficient (Wildman–Crippen LogP) is 4.29. The van der Waals surface area contributed by atoms with E-state index in [1.165, 1.54) is 24.4 Å². The van der Waals surface area contributed by atoms with Gasteiger partial charge >= 0.3 is 0 Å². The van der Waals surface area contributed by atoms with Crippen molar-refractivity contribution in [3.8, 4) is 17.2 Å². The van der Waals surface area contributed by atoms with Crippen LogP contribution < -0.4 is 19.7 Å². The summed E-state index contributed by atoms with van der Waals surface area (Å²) in [5.41, 5.74) is 3.29. The van der Waals surface area contributed by atoms with Gasteiger partial charge in [-0.25, -0.2) is 0 Å². The first-order chi connectivity index (χ1) is 19.1. The highest BCUT2D eigenvalue weighted by atomic mass is 32.2. The second-order valence-corrected chi connectivity index (χ2v) is 9.80. The van der Waals surface area contributed by atoms with Gasteiger partial charge in [0.05, 0.1) is 37.8 Å². The van der Waals surface area contributed by atoms with E-state index in [0.29, 0.717) is 40.3 Å². The van der Waals surface area contributed by atoms with E-state index in [2.05, 4.69) is 21.6 Å². The van der Waals surface area contributed by atoms with Crippen LogP contribution in [0.4, 0.5) is 5.69 Å². The number of nitrogens with one attached hydrogen (secondary N) is 1. The number of carbonyl (C=O) groups excluding carboxylic acids is 2. The first-order valence-corrected chi connectivity index (χ1v) is 13.6. The normalized spacial score (nSPS) is 12.5. The lowest BCUT2D eigenvalue weighted by atomic mass is 10.0. The van der Waals surface area contributed by atoms with Gasteiger partial charge in [0.15, 0.2) is 11.0 Å². The number of aromatic nitrogens is 3. The van der Waals surface area contributed by atoms with Crippen LogP contribution in [0.3, 0.4) is 0 Å². The highest BCUT2D eigenvalue weighted by Gasteiger charge is 2.24. The summed E-state index contributed by atoms with van der Waals surface area (Å²) in [6, 6.07) is 22.6. The molecule has 0 bridgehead atoms. The minimum absolute atomic E-state index is 0.00718. The van der Waals surface area contributed by atoms with E-state index in [1.54, 1.807) is 31.4 Å². The number of carbonyl (C=O) groups is 2. The Balaban J connectivity index is 1.39. The molecule has 2 heterocycles. The maximum Gasteiger partial charge on any atom is 0.255 e. The number of ether oxygens (including phenoxy) is 2. The van der Waals surface area contributed by atoms with Gasteiger partial charge in [-0.1, -0.05) is 54.2 Å². The minimum atomic E-state index is -0.296. The second kappa shape index (κ2) is 12.0. The summed E-state index contributed by atoms with van der Waals surface area (Å²) in [4.78, 5) is 28.1. The summed E-state index contributed by atoms with van der Waals surface area (Å²) in [5, 5.41) is 12.2. The van der Waals surface area contributed by atoms with E-state index in [0.717, 1.165) is 18.5 Å². The van der Waals surface area contributed by atoms with Crippen molar-refractivity contribution in [1.29, 1.82) is 0 Å². The lowest BCUT2D eigenvalue weighted by Gasteiger charge is -2.29. The summed E-state index contributed by atoms with van der Waals surface area (Å²) in [6.45, 7) is 0.797. The summed E-state index contributed by atoms with van der Waals surface area (Å²) in [7, 11) is 3.12. The van der Waals surface area contributed by atoms with Gasteiger partial charge in [-0.05, 0) is 48.7 Å². The van der Waals surface area contributed by atoms with E-state index < -0.39 is 0 Å². The molecule has 3 aromatic carbocycles. The summed E-state index contributed by atoms with van der Waals surface area (Å²) in [6.07, 6.45) is 1.90. The Labute approximate surface area is 231 Å². The van der Waals surface area contributed by atoms with Crippen LogP contribution in [0.25, 0.3) is 5.69 Å². The second-order valence-electron chi connectivity index (χ2n) is 8.86. The minimum Gasteiger partial charge on any atom is -0.496 e. The molecule has 2 amide bonds. The molecule has 9 nitrogen and oxygen atoms in total. The number of amides is 2. The Morgan fingerprint density at radius 3 is 2.38 bits per heavy atom. The first-order valence-electron chi connectivity index (χ1n) is 12.6. The fourth-order valence-corrected chi connectivity index (χ4v) is 5.49. The van der Waals surface area contributed by atoms with Gasteiger partial charge in [0.1, 0.15) is 11.5 Å². The predicted molar refractivity (Wildman–Crippen MR) is 150 cm³/mol. The molecular weight excluding hydrogens is 514 g/mol. The molecule has 4 aromatic rings. The van der Waals surface area contributed by atoms with Crippen LogP contribution in [0, 0.1) is 0 Å². The van der Waals surface area contributed by atoms with Gasteiger partial charge in [0.2, 0.25) is 5.91 Å².